The molecule has 1 atom stereocenters. The Bertz CT molecular complexity index is 702. The SMILES string of the molecule is Cn1cc(C(NC(=O)c2cc(F)ccc2Br)C(=O)O)cn1. The van der Waals surface area contributed by atoms with Crippen molar-refractivity contribution in [2.75, 3.05) is 0 Å². The zero-order valence-electron chi connectivity index (χ0n) is 10.9. The van der Waals surface area contributed by atoms with E-state index in [-0.39, 0.29) is 5.56 Å². The molecule has 0 fully saturated rings. The third-order valence-electron chi connectivity index (χ3n) is 2.75. The highest BCUT2D eigenvalue weighted by atomic mass is 79.9. The minimum Gasteiger partial charge on any atom is -0.479 e. The number of aliphatic carboxylic acids is 1. The smallest absolute Gasteiger partial charge is 0.331 e. The minimum absolute atomic E-state index is 0.0186. The molecule has 0 aliphatic heterocycles. The Balaban J connectivity index is 2.27. The summed E-state index contributed by atoms with van der Waals surface area (Å²) in [5, 5.41) is 15.4. The van der Waals surface area contributed by atoms with Gasteiger partial charge in [0.15, 0.2) is 6.04 Å². The number of amides is 1. The first-order valence-electron chi connectivity index (χ1n) is 5.85. The lowest BCUT2D eigenvalue weighted by atomic mass is 10.1. The van der Waals surface area contributed by atoms with Crippen molar-refractivity contribution in [2.24, 2.45) is 7.05 Å². The number of nitrogens with zero attached hydrogens (tertiary/aromatic N) is 2. The maximum absolute atomic E-state index is 13.2. The summed E-state index contributed by atoms with van der Waals surface area (Å²) < 4.78 is 15.0. The Morgan fingerprint density at radius 3 is 2.76 bits per heavy atom. The highest BCUT2D eigenvalue weighted by Gasteiger charge is 2.25. The van der Waals surface area contributed by atoms with Gasteiger partial charge in [-0.05, 0) is 34.1 Å². The van der Waals surface area contributed by atoms with Crippen LogP contribution in [0.15, 0.2) is 35.1 Å². The van der Waals surface area contributed by atoms with Crippen molar-refractivity contribution in [2.45, 2.75) is 6.04 Å². The Hall–Kier alpha value is -2.22. The van der Waals surface area contributed by atoms with E-state index < -0.39 is 23.7 Å². The van der Waals surface area contributed by atoms with Gasteiger partial charge in [-0.2, -0.15) is 5.10 Å². The lowest BCUT2D eigenvalue weighted by molar-refractivity contribution is -0.139. The number of carbonyl (C=O) groups excluding carboxylic acids is 1. The molecule has 6 nitrogen and oxygen atoms in total. The number of aromatic nitrogens is 2. The zero-order valence-corrected chi connectivity index (χ0v) is 12.5. The average molecular weight is 356 g/mol. The van der Waals surface area contributed by atoms with Crippen molar-refractivity contribution in [1.82, 2.24) is 15.1 Å². The van der Waals surface area contributed by atoms with Gasteiger partial charge in [0, 0.05) is 23.3 Å². The lowest BCUT2D eigenvalue weighted by Crippen LogP contribution is -2.33. The third-order valence-corrected chi connectivity index (χ3v) is 3.45. The van der Waals surface area contributed by atoms with Crippen LogP contribution >= 0.6 is 15.9 Å². The van der Waals surface area contributed by atoms with E-state index in [9.17, 15) is 19.1 Å². The van der Waals surface area contributed by atoms with Crippen molar-refractivity contribution >= 4 is 27.8 Å². The van der Waals surface area contributed by atoms with Crippen LogP contribution in [-0.4, -0.2) is 26.8 Å². The first-order chi connectivity index (χ1) is 9.88. The monoisotopic (exact) mass is 355 g/mol. The average Bonchev–Trinajstić information content (AvgIpc) is 2.84. The number of rotatable bonds is 4. The van der Waals surface area contributed by atoms with Crippen LogP contribution in [0.2, 0.25) is 0 Å². The molecule has 8 heteroatoms. The van der Waals surface area contributed by atoms with E-state index in [1.54, 1.807) is 7.05 Å². The van der Waals surface area contributed by atoms with Gasteiger partial charge in [-0.1, -0.05) is 0 Å². The molecule has 1 aromatic heterocycles. The predicted octanol–water partition coefficient (Wildman–Crippen LogP) is 1.88. The van der Waals surface area contributed by atoms with Crippen LogP contribution in [0, 0.1) is 5.82 Å². The second-order valence-corrected chi connectivity index (χ2v) is 5.17. The van der Waals surface area contributed by atoms with Crippen LogP contribution in [-0.2, 0) is 11.8 Å². The molecule has 0 spiro atoms. The Morgan fingerprint density at radius 1 is 1.48 bits per heavy atom. The number of carbonyl (C=O) groups is 2. The lowest BCUT2D eigenvalue weighted by Gasteiger charge is -2.13. The summed E-state index contributed by atoms with van der Waals surface area (Å²) in [5.41, 5.74) is 0.344. The van der Waals surface area contributed by atoms with Gasteiger partial charge in [-0.25, -0.2) is 9.18 Å². The number of nitrogens with one attached hydrogen (secondary N) is 1. The van der Waals surface area contributed by atoms with Gasteiger partial charge in [-0.15, -0.1) is 0 Å². The van der Waals surface area contributed by atoms with Gasteiger partial charge in [0.1, 0.15) is 5.82 Å². The van der Waals surface area contributed by atoms with Gasteiger partial charge in [-0.3, -0.25) is 9.48 Å². The molecule has 0 saturated carbocycles. The van der Waals surface area contributed by atoms with Crippen molar-refractivity contribution in [3.63, 3.8) is 0 Å². The first-order valence-corrected chi connectivity index (χ1v) is 6.65. The van der Waals surface area contributed by atoms with Crippen LogP contribution in [0.5, 0.6) is 0 Å². The molecule has 2 aromatic rings. The molecule has 0 aliphatic carbocycles. The van der Waals surface area contributed by atoms with Crippen molar-refractivity contribution in [1.29, 1.82) is 0 Å². The summed E-state index contributed by atoms with van der Waals surface area (Å²) in [4.78, 5) is 23.4. The molecule has 2 N–H and O–H groups in total. The van der Waals surface area contributed by atoms with Gasteiger partial charge in [0.25, 0.3) is 5.91 Å². The van der Waals surface area contributed by atoms with E-state index >= 15 is 0 Å². The highest BCUT2D eigenvalue weighted by molar-refractivity contribution is 9.10. The maximum atomic E-state index is 13.2. The van der Waals surface area contributed by atoms with E-state index in [1.807, 2.05) is 0 Å². The van der Waals surface area contributed by atoms with Gasteiger partial charge in [0.05, 0.1) is 11.8 Å². The normalized spacial score (nSPS) is 12.0. The summed E-state index contributed by atoms with van der Waals surface area (Å²) in [6.45, 7) is 0. The molecule has 0 radical (unpaired) electrons. The van der Waals surface area contributed by atoms with Gasteiger partial charge in [0.2, 0.25) is 0 Å². The summed E-state index contributed by atoms with van der Waals surface area (Å²) in [5.74, 6) is -2.52. The molecule has 0 saturated heterocycles. The Morgan fingerprint density at radius 2 is 2.19 bits per heavy atom. The number of carboxylic acids is 1. The molecule has 110 valence electrons. The molecule has 1 aromatic carbocycles. The zero-order chi connectivity index (χ0) is 15.6. The number of hydrogen-bond donors (Lipinski definition) is 2. The van der Waals surface area contributed by atoms with E-state index in [1.165, 1.54) is 29.2 Å². The molecule has 1 heterocycles. The number of hydrogen-bond acceptors (Lipinski definition) is 3. The standard InChI is InChI=1S/C13H11BrFN3O3/c1-18-6-7(5-16-18)11(13(20)21)17-12(19)9-4-8(15)2-3-10(9)14/h2-6,11H,1H3,(H,17,19)(H,20,21). The highest BCUT2D eigenvalue weighted by Crippen LogP contribution is 2.20. The van der Waals surface area contributed by atoms with Crippen LogP contribution in [0.4, 0.5) is 4.39 Å². The fourth-order valence-electron chi connectivity index (χ4n) is 1.76. The minimum atomic E-state index is -1.26. The van der Waals surface area contributed by atoms with E-state index in [0.29, 0.717) is 10.0 Å². The largest absolute Gasteiger partial charge is 0.479 e. The fourth-order valence-corrected chi connectivity index (χ4v) is 2.18. The number of halogens is 2. The summed E-state index contributed by atoms with van der Waals surface area (Å²) in [7, 11) is 1.63. The molecular weight excluding hydrogens is 345 g/mol. The van der Waals surface area contributed by atoms with E-state index in [0.717, 1.165) is 6.07 Å². The van der Waals surface area contributed by atoms with Crippen molar-refractivity contribution in [3.05, 3.63) is 52.0 Å². The summed E-state index contributed by atoms with van der Waals surface area (Å²) in [6, 6.07) is 2.34. The Labute approximate surface area is 127 Å². The summed E-state index contributed by atoms with van der Waals surface area (Å²) in [6.07, 6.45) is 2.83. The quantitative estimate of drug-likeness (QED) is 0.876. The molecular formula is C13H11BrFN3O3. The molecule has 2 rings (SSSR count). The molecule has 0 bridgehead atoms. The number of aryl methyl sites for hydroxylation is 1. The molecule has 1 unspecified atom stereocenters. The maximum Gasteiger partial charge on any atom is 0.331 e. The Kier molecular flexibility index (Phi) is 4.37. The first kappa shape index (κ1) is 15.2. The van der Waals surface area contributed by atoms with Crippen LogP contribution in [0.1, 0.15) is 22.0 Å². The fraction of sp³-hybridized carbons (Fsp3) is 0.154. The van der Waals surface area contributed by atoms with E-state index in [2.05, 4.69) is 26.3 Å². The topological polar surface area (TPSA) is 84.2 Å². The van der Waals surface area contributed by atoms with Crippen LogP contribution in [0.25, 0.3) is 0 Å². The van der Waals surface area contributed by atoms with Gasteiger partial charge < -0.3 is 10.4 Å². The van der Waals surface area contributed by atoms with E-state index in [4.69, 9.17) is 0 Å². The number of benzene rings is 1. The van der Waals surface area contributed by atoms with Gasteiger partial charge >= 0.3 is 5.97 Å². The second kappa shape index (κ2) is 6.04. The summed E-state index contributed by atoms with van der Waals surface area (Å²) >= 11 is 3.13. The molecule has 0 aliphatic rings. The predicted molar refractivity (Wildman–Crippen MR) is 75.2 cm³/mol. The van der Waals surface area contributed by atoms with Crippen LogP contribution < -0.4 is 5.32 Å². The number of carboxylic acid groups (broad SMARTS) is 1. The van der Waals surface area contributed by atoms with Crippen molar-refractivity contribution < 1.29 is 19.1 Å². The van der Waals surface area contributed by atoms with Crippen LogP contribution in [0.3, 0.4) is 0 Å². The van der Waals surface area contributed by atoms with Crippen molar-refractivity contribution in [3.8, 4) is 0 Å². The molecule has 1 amide bonds. The third kappa shape index (κ3) is 3.46. The molecule has 21 heavy (non-hydrogen) atoms. The second-order valence-electron chi connectivity index (χ2n) is 4.32.